The SMILES string of the molecule is COc1cccc(C(CC=O)(NC=O)OC(C)(C)C)c1. The average molecular weight is 279 g/mol. The predicted octanol–water partition coefficient (Wildman–Crippen LogP) is 2.00. The van der Waals surface area contributed by atoms with Gasteiger partial charge in [0.05, 0.1) is 19.1 Å². The van der Waals surface area contributed by atoms with Gasteiger partial charge in [0, 0.05) is 5.56 Å². The first-order valence-electron chi connectivity index (χ1n) is 6.36. The number of nitrogens with one attached hydrogen (secondary N) is 1. The lowest BCUT2D eigenvalue weighted by Crippen LogP contribution is -2.49. The molecule has 1 aromatic carbocycles. The molecule has 20 heavy (non-hydrogen) atoms. The fourth-order valence-corrected chi connectivity index (χ4v) is 2.00. The number of amides is 1. The second-order valence-electron chi connectivity index (χ2n) is 5.41. The smallest absolute Gasteiger partial charge is 0.209 e. The summed E-state index contributed by atoms with van der Waals surface area (Å²) in [5.41, 5.74) is -1.08. The third kappa shape index (κ3) is 4.06. The minimum Gasteiger partial charge on any atom is -0.497 e. The summed E-state index contributed by atoms with van der Waals surface area (Å²) in [7, 11) is 1.55. The Kier molecular flexibility index (Phi) is 5.27. The Morgan fingerprint density at radius 1 is 1.25 bits per heavy atom. The molecule has 0 saturated heterocycles. The molecule has 1 aromatic rings. The fraction of sp³-hybridized carbons (Fsp3) is 0.467. The van der Waals surface area contributed by atoms with Crippen LogP contribution in [0, 0.1) is 0 Å². The van der Waals surface area contributed by atoms with Gasteiger partial charge < -0.3 is 19.6 Å². The number of hydrogen-bond acceptors (Lipinski definition) is 4. The Labute approximate surface area is 119 Å². The number of carbonyl (C=O) groups is 2. The van der Waals surface area contributed by atoms with Crippen molar-refractivity contribution >= 4 is 12.7 Å². The van der Waals surface area contributed by atoms with Gasteiger partial charge in [-0.05, 0) is 32.9 Å². The summed E-state index contributed by atoms with van der Waals surface area (Å²) in [5.74, 6) is 0.628. The molecule has 0 radical (unpaired) electrons. The van der Waals surface area contributed by atoms with Gasteiger partial charge in [0.2, 0.25) is 6.41 Å². The molecular weight excluding hydrogens is 258 g/mol. The van der Waals surface area contributed by atoms with E-state index in [-0.39, 0.29) is 6.42 Å². The molecule has 5 nitrogen and oxygen atoms in total. The van der Waals surface area contributed by atoms with E-state index < -0.39 is 11.3 Å². The highest BCUT2D eigenvalue weighted by Gasteiger charge is 2.37. The van der Waals surface area contributed by atoms with E-state index in [4.69, 9.17) is 9.47 Å². The molecule has 0 fully saturated rings. The normalized spacial score (nSPS) is 14.2. The number of aldehydes is 1. The van der Waals surface area contributed by atoms with Crippen molar-refractivity contribution in [3.8, 4) is 5.75 Å². The Hall–Kier alpha value is -1.88. The van der Waals surface area contributed by atoms with Crippen LogP contribution in [0.1, 0.15) is 32.8 Å². The summed E-state index contributed by atoms with van der Waals surface area (Å²) in [6.45, 7) is 5.58. The van der Waals surface area contributed by atoms with Crippen molar-refractivity contribution in [2.45, 2.75) is 38.5 Å². The van der Waals surface area contributed by atoms with Crippen molar-refractivity contribution in [1.29, 1.82) is 0 Å². The zero-order valence-electron chi connectivity index (χ0n) is 12.3. The third-order valence-corrected chi connectivity index (χ3v) is 2.68. The Balaban J connectivity index is 3.31. The second-order valence-corrected chi connectivity index (χ2v) is 5.41. The molecule has 0 aliphatic rings. The summed E-state index contributed by atoms with van der Waals surface area (Å²) in [6, 6.07) is 7.10. The van der Waals surface area contributed by atoms with Crippen LogP contribution >= 0.6 is 0 Å². The quantitative estimate of drug-likeness (QED) is 0.612. The van der Waals surface area contributed by atoms with Crippen LogP contribution in [0.5, 0.6) is 5.75 Å². The minimum absolute atomic E-state index is 0.0101. The first kappa shape index (κ1) is 16.2. The molecule has 1 rings (SSSR count). The van der Waals surface area contributed by atoms with Crippen molar-refractivity contribution in [1.82, 2.24) is 5.32 Å². The van der Waals surface area contributed by atoms with Gasteiger partial charge in [-0.25, -0.2) is 0 Å². The van der Waals surface area contributed by atoms with E-state index in [0.717, 1.165) is 6.29 Å². The van der Waals surface area contributed by atoms with Crippen LogP contribution < -0.4 is 10.1 Å². The largest absolute Gasteiger partial charge is 0.497 e. The van der Waals surface area contributed by atoms with Crippen LogP contribution in [0.3, 0.4) is 0 Å². The maximum Gasteiger partial charge on any atom is 0.209 e. The van der Waals surface area contributed by atoms with E-state index in [1.807, 2.05) is 20.8 Å². The number of hydrogen-bond donors (Lipinski definition) is 1. The Bertz CT molecular complexity index is 455. The number of carbonyl (C=O) groups excluding carboxylic acids is 2. The zero-order chi connectivity index (χ0) is 15.2. The van der Waals surface area contributed by atoms with E-state index >= 15 is 0 Å². The molecule has 0 bridgehead atoms. The van der Waals surface area contributed by atoms with Gasteiger partial charge in [0.1, 0.15) is 12.0 Å². The third-order valence-electron chi connectivity index (χ3n) is 2.68. The first-order valence-corrected chi connectivity index (χ1v) is 6.36. The lowest BCUT2D eigenvalue weighted by atomic mass is 9.98. The molecular formula is C15H21NO4. The molecule has 1 amide bonds. The molecule has 1 unspecified atom stereocenters. The van der Waals surface area contributed by atoms with Crippen molar-refractivity contribution in [3.05, 3.63) is 29.8 Å². The molecule has 0 saturated carbocycles. The summed E-state index contributed by atoms with van der Waals surface area (Å²) in [5, 5.41) is 2.63. The van der Waals surface area contributed by atoms with Gasteiger partial charge in [-0.1, -0.05) is 12.1 Å². The highest BCUT2D eigenvalue weighted by atomic mass is 16.5. The van der Waals surface area contributed by atoms with E-state index in [1.54, 1.807) is 31.4 Å². The van der Waals surface area contributed by atoms with Crippen molar-refractivity contribution in [2.75, 3.05) is 7.11 Å². The Morgan fingerprint density at radius 2 is 1.95 bits per heavy atom. The highest BCUT2D eigenvalue weighted by molar-refractivity contribution is 5.57. The van der Waals surface area contributed by atoms with E-state index in [1.165, 1.54) is 0 Å². The minimum atomic E-state index is -1.20. The van der Waals surface area contributed by atoms with E-state index in [0.29, 0.717) is 17.7 Å². The highest BCUT2D eigenvalue weighted by Crippen LogP contribution is 2.32. The second kappa shape index (κ2) is 6.52. The van der Waals surface area contributed by atoms with Crippen molar-refractivity contribution in [3.63, 3.8) is 0 Å². The van der Waals surface area contributed by atoms with Gasteiger partial charge in [0.25, 0.3) is 0 Å². The molecule has 1 N–H and O–H groups in total. The fourth-order valence-electron chi connectivity index (χ4n) is 2.00. The standard InChI is InChI=1S/C15H21NO4/c1-14(2,3)20-15(8-9-17,16-11-18)12-6-5-7-13(10-12)19-4/h5-7,9-11H,8H2,1-4H3,(H,16,18). The van der Waals surface area contributed by atoms with E-state index in [9.17, 15) is 9.59 Å². The molecule has 1 atom stereocenters. The Morgan fingerprint density at radius 3 is 2.45 bits per heavy atom. The number of benzene rings is 1. The van der Waals surface area contributed by atoms with Crippen LogP contribution in [0.2, 0.25) is 0 Å². The molecule has 110 valence electrons. The van der Waals surface area contributed by atoms with Crippen LogP contribution in [0.15, 0.2) is 24.3 Å². The number of ether oxygens (including phenoxy) is 2. The van der Waals surface area contributed by atoms with Gasteiger partial charge in [0.15, 0.2) is 5.72 Å². The van der Waals surface area contributed by atoms with Crippen LogP contribution in [0.4, 0.5) is 0 Å². The van der Waals surface area contributed by atoms with E-state index in [2.05, 4.69) is 5.32 Å². The maximum absolute atomic E-state index is 11.0. The molecule has 5 heteroatoms. The van der Waals surface area contributed by atoms with Crippen molar-refractivity contribution < 1.29 is 19.1 Å². The maximum atomic E-state index is 11.0. The van der Waals surface area contributed by atoms with Gasteiger partial charge in [-0.3, -0.25) is 4.79 Å². The van der Waals surface area contributed by atoms with Gasteiger partial charge in [-0.2, -0.15) is 0 Å². The molecule has 0 spiro atoms. The van der Waals surface area contributed by atoms with Gasteiger partial charge >= 0.3 is 0 Å². The zero-order valence-corrected chi connectivity index (χ0v) is 12.3. The number of rotatable bonds is 7. The summed E-state index contributed by atoms with van der Waals surface area (Å²) >= 11 is 0. The summed E-state index contributed by atoms with van der Waals surface area (Å²) < 4.78 is 11.1. The monoisotopic (exact) mass is 279 g/mol. The molecule has 0 heterocycles. The predicted molar refractivity (Wildman–Crippen MR) is 75.4 cm³/mol. The molecule has 0 aliphatic carbocycles. The van der Waals surface area contributed by atoms with Crippen LogP contribution in [-0.4, -0.2) is 25.4 Å². The number of methoxy groups -OCH3 is 1. The van der Waals surface area contributed by atoms with Gasteiger partial charge in [-0.15, -0.1) is 0 Å². The van der Waals surface area contributed by atoms with Crippen molar-refractivity contribution in [2.24, 2.45) is 0 Å². The average Bonchev–Trinajstić information content (AvgIpc) is 2.37. The summed E-state index contributed by atoms with van der Waals surface area (Å²) in [6.07, 6.45) is 1.27. The topological polar surface area (TPSA) is 64.6 Å². The summed E-state index contributed by atoms with van der Waals surface area (Å²) in [4.78, 5) is 22.0. The molecule has 0 aromatic heterocycles. The van der Waals surface area contributed by atoms with Crippen LogP contribution in [-0.2, 0) is 20.1 Å². The lowest BCUT2D eigenvalue weighted by molar-refractivity contribution is -0.165. The van der Waals surface area contributed by atoms with Crippen LogP contribution in [0.25, 0.3) is 0 Å². The lowest BCUT2D eigenvalue weighted by Gasteiger charge is -2.38. The first-order chi connectivity index (χ1) is 9.37. The molecule has 0 aliphatic heterocycles.